The van der Waals surface area contributed by atoms with Crippen molar-refractivity contribution in [2.45, 2.75) is 18.9 Å². The second-order valence-electron chi connectivity index (χ2n) is 4.57. The third-order valence-electron chi connectivity index (χ3n) is 3.22. The number of terminal acetylenes is 1. The van der Waals surface area contributed by atoms with Crippen LogP contribution in [-0.4, -0.2) is 35.7 Å². The Balaban J connectivity index is 1.88. The Morgan fingerprint density at radius 2 is 2.17 bits per heavy atom. The number of benzene rings is 1. The number of phenolic OH excluding ortho intramolecular Hbond substituents is 1. The Morgan fingerprint density at radius 1 is 1.44 bits per heavy atom. The van der Waals surface area contributed by atoms with E-state index >= 15 is 0 Å². The quantitative estimate of drug-likeness (QED) is 0.651. The molecule has 96 valence electrons. The van der Waals surface area contributed by atoms with Crippen LogP contribution in [0.3, 0.4) is 0 Å². The van der Waals surface area contributed by atoms with E-state index in [9.17, 15) is 5.11 Å². The number of nitrogens with zero attached hydrogens (tertiary/aromatic N) is 1. The molecule has 18 heavy (non-hydrogen) atoms. The van der Waals surface area contributed by atoms with Gasteiger partial charge in [-0.15, -0.1) is 6.42 Å². The summed E-state index contributed by atoms with van der Waals surface area (Å²) in [6, 6.07) is 5.65. The van der Waals surface area contributed by atoms with Gasteiger partial charge in [-0.3, -0.25) is 4.90 Å². The molecule has 1 aliphatic rings. The predicted octanol–water partition coefficient (Wildman–Crippen LogP) is 2.56. The Morgan fingerprint density at radius 3 is 2.78 bits per heavy atom. The van der Waals surface area contributed by atoms with Gasteiger partial charge in [-0.2, -0.15) is 0 Å². The third kappa shape index (κ3) is 3.32. The SMILES string of the molecule is C#CCN1CCC(Nc2ccc(O)c(Cl)c2)CC1. The van der Waals surface area contributed by atoms with E-state index in [2.05, 4.69) is 16.1 Å². The standard InChI is InChI=1S/C14H17ClN2O/c1-2-7-17-8-5-11(6-9-17)16-12-3-4-14(18)13(15)10-12/h1,3-4,10-11,16,18H,5-9H2. The molecule has 0 unspecified atom stereocenters. The number of likely N-dealkylation sites (tertiary alicyclic amines) is 1. The molecule has 1 aromatic carbocycles. The van der Waals surface area contributed by atoms with Gasteiger partial charge in [-0.05, 0) is 31.0 Å². The fourth-order valence-corrected chi connectivity index (χ4v) is 2.38. The van der Waals surface area contributed by atoms with Gasteiger partial charge < -0.3 is 10.4 Å². The first-order valence-electron chi connectivity index (χ1n) is 6.10. The zero-order chi connectivity index (χ0) is 13.0. The second kappa shape index (κ2) is 5.99. The van der Waals surface area contributed by atoms with E-state index in [-0.39, 0.29) is 5.75 Å². The third-order valence-corrected chi connectivity index (χ3v) is 3.52. The molecule has 1 fully saturated rings. The maximum atomic E-state index is 9.36. The average molecular weight is 265 g/mol. The highest BCUT2D eigenvalue weighted by Gasteiger charge is 2.18. The van der Waals surface area contributed by atoms with Crippen molar-refractivity contribution in [3.63, 3.8) is 0 Å². The van der Waals surface area contributed by atoms with E-state index in [0.717, 1.165) is 38.2 Å². The van der Waals surface area contributed by atoms with E-state index < -0.39 is 0 Å². The van der Waals surface area contributed by atoms with Gasteiger partial charge in [0.25, 0.3) is 0 Å². The summed E-state index contributed by atoms with van der Waals surface area (Å²) in [5.41, 5.74) is 0.952. The highest BCUT2D eigenvalue weighted by Crippen LogP contribution is 2.27. The van der Waals surface area contributed by atoms with Crippen molar-refractivity contribution >= 4 is 17.3 Å². The summed E-state index contributed by atoms with van der Waals surface area (Å²) >= 11 is 5.88. The Hall–Kier alpha value is -1.37. The topological polar surface area (TPSA) is 35.5 Å². The fraction of sp³-hybridized carbons (Fsp3) is 0.429. The molecule has 4 heteroatoms. The van der Waals surface area contributed by atoms with E-state index in [1.165, 1.54) is 0 Å². The maximum absolute atomic E-state index is 9.36. The number of nitrogens with one attached hydrogen (secondary N) is 1. The van der Waals surface area contributed by atoms with Crippen molar-refractivity contribution in [1.82, 2.24) is 4.90 Å². The van der Waals surface area contributed by atoms with E-state index in [4.69, 9.17) is 18.0 Å². The van der Waals surface area contributed by atoms with Crippen molar-refractivity contribution < 1.29 is 5.11 Å². The lowest BCUT2D eigenvalue weighted by atomic mass is 10.0. The Kier molecular flexibility index (Phi) is 4.35. The molecular formula is C14H17ClN2O. The van der Waals surface area contributed by atoms with Crippen molar-refractivity contribution in [1.29, 1.82) is 0 Å². The van der Waals surface area contributed by atoms with Crippen molar-refractivity contribution in [3.05, 3.63) is 23.2 Å². The first-order chi connectivity index (χ1) is 8.69. The molecule has 2 N–H and O–H groups in total. The van der Waals surface area contributed by atoms with Gasteiger partial charge in [-0.25, -0.2) is 0 Å². The average Bonchev–Trinajstić information content (AvgIpc) is 2.37. The van der Waals surface area contributed by atoms with Crippen LogP contribution in [0.1, 0.15) is 12.8 Å². The highest BCUT2D eigenvalue weighted by atomic mass is 35.5. The predicted molar refractivity (Wildman–Crippen MR) is 75.0 cm³/mol. The fourth-order valence-electron chi connectivity index (χ4n) is 2.20. The number of piperidine rings is 1. The molecule has 1 saturated heterocycles. The number of halogens is 1. The molecule has 0 radical (unpaired) electrons. The lowest BCUT2D eigenvalue weighted by Gasteiger charge is -2.31. The summed E-state index contributed by atoms with van der Waals surface area (Å²) in [6.45, 7) is 2.78. The van der Waals surface area contributed by atoms with Crippen LogP contribution < -0.4 is 5.32 Å². The minimum Gasteiger partial charge on any atom is -0.506 e. The molecule has 1 aromatic rings. The van der Waals surface area contributed by atoms with E-state index in [1.807, 2.05) is 6.07 Å². The normalized spacial score (nSPS) is 17.3. The zero-order valence-electron chi connectivity index (χ0n) is 10.2. The van der Waals surface area contributed by atoms with Gasteiger partial charge in [0.15, 0.2) is 0 Å². The zero-order valence-corrected chi connectivity index (χ0v) is 11.0. The van der Waals surface area contributed by atoms with E-state index in [1.54, 1.807) is 12.1 Å². The van der Waals surface area contributed by atoms with Crippen molar-refractivity contribution in [2.24, 2.45) is 0 Å². The largest absolute Gasteiger partial charge is 0.506 e. The summed E-state index contributed by atoms with van der Waals surface area (Å²) in [6.07, 6.45) is 7.44. The maximum Gasteiger partial charge on any atom is 0.134 e. The van der Waals surface area contributed by atoms with Crippen LogP contribution in [0.5, 0.6) is 5.75 Å². The Bertz CT molecular complexity index is 448. The van der Waals surface area contributed by atoms with Crippen LogP contribution in [0.15, 0.2) is 18.2 Å². The summed E-state index contributed by atoms with van der Waals surface area (Å²) in [7, 11) is 0. The lowest BCUT2D eigenvalue weighted by Crippen LogP contribution is -2.39. The van der Waals surface area contributed by atoms with Gasteiger partial charge in [0.1, 0.15) is 5.75 Å². The van der Waals surface area contributed by atoms with Crippen molar-refractivity contribution in [3.8, 4) is 18.1 Å². The molecule has 0 aliphatic carbocycles. The monoisotopic (exact) mass is 264 g/mol. The highest BCUT2D eigenvalue weighted by molar-refractivity contribution is 6.32. The summed E-state index contributed by atoms with van der Waals surface area (Å²) in [5, 5.41) is 13.2. The van der Waals surface area contributed by atoms with Crippen LogP contribution in [-0.2, 0) is 0 Å². The van der Waals surface area contributed by atoms with Gasteiger partial charge in [0.2, 0.25) is 0 Å². The molecule has 0 atom stereocenters. The molecule has 0 spiro atoms. The molecule has 3 nitrogen and oxygen atoms in total. The minimum absolute atomic E-state index is 0.117. The Labute approximate surface area is 113 Å². The number of hydrogen-bond acceptors (Lipinski definition) is 3. The minimum atomic E-state index is 0.117. The summed E-state index contributed by atoms with van der Waals surface area (Å²) in [4.78, 5) is 2.28. The van der Waals surface area contributed by atoms with Gasteiger partial charge in [0.05, 0.1) is 11.6 Å². The van der Waals surface area contributed by atoms with Crippen LogP contribution in [0, 0.1) is 12.3 Å². The molecule has 1 aliphatic heterocycles. The number of phenols is 1. The number of rotatable bonds is 3. The van der Waals surface area contributed by atoms with Gasteiger partial charge >= 0.3 is 0 Å². The number of anilines is 1. The van der Waals surface area contributed by atoms with Gasteiger partial charge in [0, 0.05) is 24.8 Å². The van der Waals surface area contributed by atoms with Crippen LogP contribution in [0.2, 0.25) is 5.02 Å². The first kappa shape index (κ1) is 13.1. The van der Waals surface area contributed by atoms with Crippen LogP contribution in [0.25, 0.3) is 0 Å². The van der Waals surface area contributed by atoms with E-state index in [0.29, 0.717) is 11.1 Å². The molecule has 0 amide bonds. The molecule has 1 heterocycles. The van der Waals surface area contributed by atoms with Crippen molar-refractivity contribution in [2.75, 3.05) is 25.0 Å². The lowest BCUT2D eigenvalue weighted by molar-refractivity contribution is 0.243. The van der Waals surface area contributed by atoms with Gasteiger partial charge in [-0.1, -0.05) is 17.5 Å². The first-order valence-corrected chi connectivity index (χ1v) is 6.47. The molecular weight excluding hydrogens is 248 g/mol. The molecule has 0 saturated carbocycles. The molecule has 0 bridgehead atoms. The molecule has 0 aromatic heterocycles. The summed E-state index contributed by atoms with van der Waals surface area (Å²) in [5.74, 6) is 2.79. The van der Waals surface area contributed by atoms with Crippen LogP contribution >= 0.6 is 11.6 Å². The summed E-state index contributed by atoms with van der Waals surface area (Å²) < 4.78 is 0. The second-order valence-corrected chi connectivity index (χ2v) is 4.97. The van der Waals surface area contributed by atoms with Crippen LogP contribution in [0.4, 0.5) is 5.69 Å². The number of hydrogen-bond donors (Lipinski definition) is 2. The molecule has 2 rings (SSSR count). The number of aromatic hydroxyl groups is 1. The smallest absolute Gasteiger partial charge is 0.134 e.